The number of nitrogens with zero attached hydrogens (tertiary/aromatic N) is 2. The minimum atomic E-state index is -0.500. The summed E-state index contributed by atoms with van der Waals surface area (Å²) in [6.45, 7) is 4.56. The number of aromatic nitrogens is 1. The van der Waals surface area contributed by atoms with Crippen molar-refractivity contribution in [1.29, 1.82) is 0 Å². The number of rotatable bonds is 3. The maximum Gasteiger partial charge on any atom is 0.309 e. The average Bonchev–Trinajstić information content (AvgIpc) is 2.79. The molecule has 0 saturated carbocycles. The van der Waals surface area contributed by atoms with Gasteiger partial charge in [-0.1, -0.05) is 41.5 Å². The van der Waals surface area contributed by atoms with Crippen molar-refractivity contribution in [3.63, 3.8) is 0 Å². The number of thiazole rings is 1. The lowest BCUT2D eigenvalue weighted by atomic mass is 10.3. The van der Waals surface area contributed by atoms with Gasteiger partial charge in [0.2, 0.25) is 11.8 Å². The smallest absolute Gasteiger partial charge is 0.309 e. The molecule has 1 aromatic carbocycles. The van der Waals surface area contributed by atoms with E-state index in [1.54, 1.807) is 18.2 Å². The summed E-state index contributed by atoms with van der Waals surface area (Å²) in [6, 6.07) is 4.88. The van der Waals surface area contributed by atoms with E-state index in [0.29, 0.717) is 27.0 Å². The summed E-state index contributed by atoms with van der Waals surface area (Å²) in [5.41, 5.74) is 0.437. The molecule has 0 amide bonds. The van der Waals surface area contributed by atoms with Crippen molar-refractivity contribution in [2.24, 2.45) is 4.99 Å². The Morgan fingerprint density at radius 3 is 2.57 bits per heavy atom. The van der Waals surface area contributed by atoms with Crippen LogP contribution < -0.4 is 9.54 Å². The Labute approximate surface area is 147 Å². The molecule has 0 unspecified atom stereocenters. The van der Waals surface area contributed by atoms with Crippen molar-refractivity contribution in [3.05, 3.63) is 37.9 Å². The first-order valence-corrected chi connectivity index (χ1v) is 8.34. The molecule has 122 valence electrons. The standard InChI is InChI=1S/C15H14Cl2N2O3S/c1-4-13-14(22-9(3)21)19(8(2)20)15(23-13)18-12-7-10(16)5-6-11(12)17/h5-7H,4H2,1-3H3. The van der Waals surface area contributed by atoms with E-state index in [1.807, 2.05) is 6.92 Å². The minimum absolute atomic E-state index is 0.203. The molecule has 1 heterocycles. The van der Waals surface area contributed by atoms with Crippen molar-refractivity contribution in [2.75, 3.05) is 0 Å². The van der Waals surface area contributed by atoms with Crippen LogP contribution in [0.1, 0.15) is 30.4 Å². The minimum Gasteiger partial charge on any atom is -0.408 e. The second kappa shape index (κ2) is 7.29. The van der Waals surface area contributed by atoms with E-state index >= 15 is 0 Å². The van der Waals surface area contributed by atoms with Gasteiger partial charge < -0.3 is 4.74 Å². The Hall–Kier alpha value is -1.63. The highest BCUT2D eigenvalue weighted by Gasteiger charge is 2.19. The summed E-state index contributed by atoms with van der Waals surface area (Å²) in [4.78, 5) is 28.8. The predicted molar refractivity (Wildman–Crippen MR) is 91.0 cm³/mol. The van der Waals surface area contributed by atoms with Crippen LogP contribution in [0.25, 0.3) is 0 Å². The second-order valence-electron chi connectivity index (χ2n) is 4.62. The van der Waals surface area contributed by atoms with Crippen LogP contribution in [0, 0.1) is 0 Å². The van der Waals surface area contributed by atoms with E-state index in [0.717, 1.165) is 4.88 Å². The zero-order valence-electron chi connectivity index (χ0n) is 12.7. The molecule has 1 aromatic heterocycles. The lowest BCUT2D eigenvalue weighted by molar-refractivity contribution is -0.132. The third kappa shape index (κ3) is 4.02. The second-order valence-corrected chi connectivity index (χ2v) is 6.53. The topological polar surface area (TPSA) is 60.7 Å². The number of hydrogen-bond acceptors (Lipinski definition) is 5. The fraction of sp³-hybridized carbons (Fsp3) is 0.267. The molecular weight excluding hydrogens is 359 g/mol. The molecule has 5 nitrogen and oxygen atoms in total. The quantitative estimate of drug-likeness (QED) is 0.757. The van der Waals surface area contributed by atoms with Crippen LogP contribution in [-0.4, -0.2) is 16.4 Å². The normalized spacial score (nSPS) is 11.6. The van der Waals surface area contributed by atoms with Crippen LogP contribution in [0.3, 0.4) is 0 Å². The number of benzene rings is 1. The average molecular weight is 373 g/mol. The van der Waals surface area contributed by atoms with Crippen LogP contribution in [0.2, 0.25) is 10.0 Å². The van der Waals surface area contributed by atoms with Crippen LogP contribution in [0.4, 0.5) is 5.69 Å². The fourth-order valence-corrected chi connectivity index (χ4v) is 3.26. The summed E-state index contributed by atoms with van der Waals surface area (Å²) in [5.74, 6) is -0.608. The molecule has 2 aromatic rings. The summed E-state index contributed by atoms with van der Waals surface area (Å²) < 4.78 is 6.46. The number of esters is 1. The molecule has 0 aliphatic heterocycles. The van der Waals surface area contributed by atoms with Crippen LogP contribution >= 0.6 is 34.5 Å². The summed E-state index contributed by atoms with van der Waals surface area (Å²) in [7, 11) is 0. The van der Waals surface area contributed by atoms with Crippen molar-refractivity contribution in [3.8, 4) is 5.88 Å². The first kappa shape index (κ1) is 17.7. The Morgan fingerprint density at radius 2 is 2.00 bits per heavy atom. The molecule has 2 rings (SSSR count). The van der Waals surface area contributed by atoms with Crippen LogP contribution in [0.5, 0.6) is 5.88 Å². The third-order valence-electron chi connectivity index (χ3n) is 2.85. The first-order chi connectivity index (χ1) is 10.8. The van der Waals surface area contributed by atoms with Gasteiger partial charge in [0.25, 0.3) is 0 Å². The Kier molecular flexibility index (Phi) is 5.62. The highest BCUT2D eigenvalue weighted by atomic mass is 35.5. The van der Waals surface area contributed by atoms with Gasteiger partial charge in [-0.3, -0.25) is 9.59 Å². The number of halogens is 2. The summed E-state index contributed by atoms with van der Waals surface area (Å²) in [6.07, 6.45) is 0.597. The molecule has 8 heteroatoms. The zero-order chi connectivity index (χ0) is 17.1. The van der Waals surface area contributed by atoms with Crippen LogP contribution in [-0.2, 0) is 11.2 Å². The lowest BCUT2D eigenvalue weighted by Crippen LogP contribution is -2.22. The molecule has 0 N–H and O–H groups in total. The van der Waals surface area contributed by atoms with E-state index in [9.17, 15) is 9.59 Å². The maximum atomic E-state index is 12.0. The number of ether oxygens (including phenoxy) is 1. The third-order valence-corrected chi connectivity index (χ3v) is 4.57. The van der Waals surface area contributed by atoms with E-state index in [1.165, 1.54) is 29.8 Å². The highest BCUT2D eigenvalue weighted by Crippen LogP contribution is 2.29. The van der Waals surface area contributed by atoms with E-state index in [4.69, 9.17) is 27.9 Å². The van der Waals surface area contributed by atoms with E-state index in [-0.39, 0.29) is 11.8 Å². The molecular formula is C15H14Cl2N2O3S. The van der Waals surface area contributed by atoms with Crippen molar-refractivity contribution >= 4 is 52.1 Å². The van der Waals surface area contributed by atoms with E-state index < -0.39 is 5.97 Å². The summed E-state index contributed by atoms with van der Waals surface area (Å²) >= 11 is 13.3. The monoisotopic (exact) mass is 372 g/mol. The van der Waals surface area contributed by atoms with Gasteiger partial charge >= 0.3 is 5.97 Å². The van der Waals surface area contributed by atoms with Crippen molar-refractivity contribution in [1.82, 2.24) is 4.57 Å². The molecule has 0 radical (unpaired) electrons. The van der Waals surface area contributed by atoms with E-state index in [2.05, 4.69) is 4.99 Å². The molecule has 0 fully saturated rings. The molecule has 23 heavy (non-hydrogen) atoms. The SMILES string of the molecule is CCc1sc(=Nc2cc(Cl)ccc2Cl)n(C(C)=O)c1OC(C)=O. The maximum absolute atomic E-state index is 12.0. The Morgan fingerprint density at radius 1 is 1.30 bits per heavy atom. The van der Waals surface area contributed by atoms with Crippen LogP contribution in [0.15, 0.2) is 23.2 Å². The van der Waals surface area contributed by atoms with Gasteiger partial charge in [0, 0.05) is 18.9 Å². The number of carbonyl (C=O) groups excluding carboxylic acids is 2. The van der Waals surface area contributed by atoms with Gasteiger partial charge in [-0.15, -0.1) is 0 Å². The number of aryl methyl sites for hydroxylation is 1. The van der Waals surface area contributed by atoms with Crippen molar-refractivity contribution < 1.29 is 14.3 Å². The first-order valence-electron chi connectivity index (χ1n) is 6.77. The van der Waals surface area contributed by atoms with Gasteiger partial charge in [0.15, 0.2) is 4.80 Å². The van der Waals surface area contributed by atoms with Gasteiger partial charge in [-0.05, 0) is 24.6 Å². The summed E-state index contributed by atoms with van der Waals surface area (Å²) in [5, 5.41) is 0.889. The Bertz CT molecular complexity index is 840. The lowest BCUT2D eigenvalue weighted by Gasteiger charge is -2.05. The highest BCUT2D eigenvalue weighted by molar-refractivity contribution is 7.09. The fourth-order valence-electron chi connectivity index (χ4n) is 1.90. The van der Waals surface area contributed by atoms with Crippen molar-refractivity contribution in [2.45, 2.75) is 27.2 Å². The zero-order valence-corrected chi connectivity index (χ0v) is 15.1. The van der Waals surface area contributed by atoms with Gasteiger partial charge in [0.1, 0.15) is 0 Å². The Balaban J connectivity index is 2.73. The molecule has 0 saturated heterocycles. The van der Waals surface area contributed by atoms with Gasteiger partial charge in [-0.2, -0.15) is 0 Å². The predicted octanol–water partition coefficient (Wildman–Crippen LogP) is 4.24. The molecule has 0 aliphatic carbocycles. The largest absolute Gasteiger partial charge is 0.408 e. The molecule has 0 bridgehead atoms. The van der Waals surface area contributed by atoms with Gasteiger partial charge in [0.05, 0.1) is 15.6 Å². The van der Waals surface area contributed by atoms with Gasteiger partial charge in [-0.25, -0.2) is 9.56 Å². The molecule has 0 atom stereocenters. The molecule has 0 spiro atoms. The molecule has 0 aliphatic rings. The number of hydrogen-bond donors (Lipinski definition) is 0. The number of carbonyl (C=O) groups is 2.